The number of nitrogen functional groups attached to an aromatic ring is 1. The van der Waals surface area contributed by atoms with Crippen LogP contribution in [0.2, 0.25) is 0 Å². The molecule has 0 saturated heterocycles. The number of nitrogens with two attached hydrogens (primary N) is 1. The molecule has 7 heteroatoms. The number of hydrogen-bond donors (Lipinski definition) is 3. The van der Waals surface area contributed by atoms with E-state index in [0.717, 1.165) is 5.69 Å². The van der Waals surface area contributed by atoms with Gasteiger partial charge >= 0.3 is 0 Å². The molecule has 2 aromatic rings. The van der Waals surface area contributed by atoms with Gasteiger partial charge in [0.15, 0.2) is 5.69 Å². The molecule has 4 N–H and O–H groups in total. The molecule has 0 aliphatic heterocycles. The Morgan fingerprint density at radius 2 is 2.24 bits per heavy atom. The second kappa shape index (κ2) is 7.41. The number of nitrogens with one attached hydrogen (secondary N) is 1. The van der Waals surface area contributed by atoms with E-state index in [9.17, 15) is 4.79 Å². The van der Waals surface area contributed by atoms with E-state index in [1.165, 1.54) is 0 Å². The molecule has 1 aromatic heterocycles. The standard InChI is InChI=1S/C14H18N4O3/c15-11-2-1-3-12(10-11)18-6-4-13(17-18)14(20)16-5-8-21-9-7-19/h1-4,6,10,19H,5,7-9,15H2,(H,16,20). The summed E-state index contributed by atoms with van der Waals surface area (Å²) in [6.45, 7) is 0.949. The smallest absolute Gasteiger partial charge is 0.271 e. The first kappa shape index (κ1) is 15.0. The van der Waals surface area contributed by atoms with E-state index in [4.69, 9.17) is 15.6 Å². The summed E-state index contributed by atoms with van der Waals surface area (Å²) in [5, 5.41) is 15.4. The normalized spacial score (nSPS) is 10.5. The van der Waals surface area contributed by atoms with Crippen LogP contribution in [-0.2, 0) is 4.74 Å². The first-order valence-corrected chi connectivity index (χ1v) is 6.59. The van der Waals surface area contributed by atoms with Crippen LogP contribution in [0.15, 0.2) is 36.5 Å². The Bertz CT molecular complexity index is 597. The molecule has 0 bridgehead atoms. The van der Waals surface area contributed by atoms with Crippen LogP contribution < -0.4 is 11.1 Å². The van der Waals surface area contributed by atoms with Crippen LogP contribution in [0.5, 0.6) is 0 Å². The second-order valence-electron chi connectivity index (χ2n) is 4.33. The minimum Gasteiger partial charge on any atom is -0.399 e. The number of nitrogens with zero attached hydrogens (tertiary/aromatic N) is 2. The summed E-state index contributed by atoms with van der Waals surface area (Å²) in [5.74, 6) is -0.273. The lowest BCUT2D eigenvalue weighted by molar-refractivity contribution is 0.0835. The topological polar surface area (TPSA) is 102 Å². The Balaban J connectivity index is 1.92. The van der Waals surface area contributed by atoms with Crippen LogP contribution in [0, 0.1) is 0 Å². The first-order chi connectivity index (χ1) is 10.2. The maximum atomic E-state index is 11.9. The average Bonchev–Trinajstić information content (AvgIpc) is 2.97. The van der Waals surface area contributed by atoms with Crippen molar-refractivity contribution in [2.24, 2.45) is 0 Å². The summed E-state index contributed by atoms with van der Waals surface area (Å²) in [6, 6.07) is 8.87. The molecule has 0 saturated carbocycles. The van der Waals surface area contributed by atoms with Crippen LogP contribution in [0.1, 0.15) is 10.5 Å². The zero-order valence-electron chi connectivity index (χ0n) is 11.5. The minimum atomic E-state index is -0.273. The monoisotopic (exact) mass is 290 g/mol. The number of ether oxygens (including phenoxy) is 1. The Kier molecular flexibility index (Phi) is 5.30. The summed E-state index contributed by atoms with van der Waals surface area (Å²) < 4.78 is 6.64. The van der Waals surface area contributed by atoms with Crippen LogP contribution in [0.4, 0.5) is 5.69 Å². The predicted octanol–water partition coefficient (Wildman–Crippen LogP) is 0.193. The van der Waals surface area contributed by atoms with E-state index in [0.29, 0.717) is 24.5 Å². The Morgan fingerprint density at radius 1 is 1.38 bits per heavy atom. The van der Waals surface area contributed by atoms with Crippen molar-refractivity contribution in [3.8, 4) is 5.69 Å². The molecule has 0 spiro atoms. The van der Waals surface area contributed by atoms with Gasteiger partial charge in [-0.05, 0) is 24.3 Å². The van der Waals surface area contributed by atoms with Crippen molar-refractivity contribution in [1.29, 1.82) is 0 Å². The molecule has 1 aromatic carbocycles. The van der Waals surface area contributed by atoms with E-state index in [-0.39, 0.29) is 19.1 Å². The number of aliphatic hydroxyl groups excluding tert-OH is 1. The lowest BCUT2D eigenvalue weighted by atomic mass is 10.3. The third-order valence-electron chi connectivity index (χ3n) is 2.72. The molecule has 112 valence electrons. The van der Waals surface area contributed by atoms with Crippen molar-refractivity contribution in [3.63, 3.8) is 0 Å². The molecule has 7 nitrogen and oxygen atoms in total. The van der Waals surface area contributed by atoms with Crippen molar-refractivity contribution in [3.05, 3.63) is 42.2 Å². The van der Waals surface area contributed by atoms with Crippen LogP contribution in [0.3, 0.4) is 0 Å². The van der Waals surface area contributed by atoms with Crippen LogP contribution >= 0.6 is 0 Å². The fourth-order valence-corrected chi connectivity index (χ4v) is 1.75. The number of rotatable bonds is 7. The van der Waals surface area contributed by atoms with Crippen molar-refractivity contribution in [1.82, 2.24) is 15.1 Å². The zero-order valence-corrected chi connectivity index (χ0v) is 11.5. The van der Waals surface area contributed by atoms with E-state index >= 15 is 0 Å². The number of hydrogen-bond acceptors (Lipinski definition) is 5. The van der Waals surface area contributed by atoms with Gasteiger partial charge in [-0.15, -0.1) is 0 Å². The molecule has 0 radical (unpaired) electrons. The van der Waals surface area contributed by atoms with Gasteiger partial charge in [-0.2, -0.15) is 5.10 Å². The second-order valence-corrected chi connectivity index (χ2v) is 4.33. The van der Waals surface area contributed by atoms with Crippen molar-refractivity contribution < 1.29 is 14.6 Å². The van der Waals surface area contributed by atoms with E-state index < -0.39 is 0 Å². The molecule has 0 atom stereocenters. The molecule has 1 heterocycles. The van der Waals surface area contributed by atoms with Crippen molar-refractivity contribution >= 4 is 11.6 Å². The SMILES string of the molecule is Nc1cccc(-n2ccc(C(=O)NCCOCCO)n2)c1. The first-order valence-electron chi connectivity index (χ1n) is 6.59. The van der Waals surface area contributed by atoms with Gasteiger partial charge in [0.1, 0.15) is 0 Å². The van der Waals surface area contributed by atoms with E-state index in [1.54, 1.807) is 29.1 Å². The Hall–Kier alpha value is -2.38. The molecule has 21 heavy (non-hydrogen) atoms. The van der Waals surface area contributed by atoms with Crippen LogP contribution in [-0.4, -0.2) is 47.2 Å². The molecule has 0 aliphatic rings. The minimum absolute atomic E-state index is 0.0292. The maximum Gasteiger partial charge on any atom is 0.271 e. The lowest BCUT2D eigenvalue weighted by Gasteiger charge is -2.04. The van der Waals surface area contributed by atoms with Gasteiger partial charge < -0.3 is 20.9 Å². The van der Waals surface area contributed by atoms with Gasteiger partial charge in [-0.25, -0.2) is 4.68 Å². The lowest BCUT2D eigenvalue weighted by Crippen LogP contribution is -2.28. The summed E-state index contributed by atoms with van der Waals surface area (Å²) >= 11 is 0. The third-order valence-corrected chi connectivity index (χ3v) is 2.72. The number of benzene rings is 1. The van der Waals surface area contributed by atoms with Gasteiger partial charge in [0.2, 0.25) is 0 Å². The fourth-order valence-electron chi connectivity index (χ4n) is 1.75. The highest BCUT2D eigenvalue weighted by molar-refractivity contribution is 5.92. The molecule has 2 rings (SSSR count). The Labute approximate surface area is 122 Å². The molecule has 1 amide bonds. The third kappa shape index (κ3) is 4.30. The molecular weight excluding hydrogens is 272 g/mol. The van der Waals surface area contributed by atoms with Gasteiger partial charge in [0.25, 0.3) is 5.91 Å². The highest BCUT2D eigenvalue weighted by atomic mass is 16.5. The number of aromatic nitrogens is 2. The quantitative estimate of drug-likeness (QED) is 0.499. The largest absolute Gasteiger partial charge is 0.399 e. The number of carbonyl (C=O) groups excluding carboxylic acids is 1. The maximum absolute atomic E-state index is 11.9. The number of aliphatic hydroxyl groups is 1. The molecule has 0 fully saturated rings. The van der Waals surface area contributed by atoms with E-state index in [2.05, 4.69) is 10.4 Å². The number of carbonyl (C=O) groups is 1. The highest BCUT2D eigenvalue weighted by Gasteiger charge is 2.09. The summed E-state index contributed by atoms with van der Waals surface area (Å²) in [5.41, 5.74) is 7.46. The number of amides is 1. The van der Waals surface area contributed by atoms with Gasteiger partial charge in [0, 0.05) is 18.4 Å². The predicted molar refractivity (Wildman–Crippen MR) is 78.2 cm³/mol. The van der Waals surface area contributed by atoms with Gasteiger partial charge in [-0.3, -0.25) is 4.79 Å². The van der Waals surface area contributed by atoms with E-state index in [1.807, 2.05) is 12.1 Å². The van der Waals surface area contributed by atoms with Gasteiger partial charge in [0.05, 0.1) is 25.5 Å². The Morgan fingerprint density at radius 3 is 3.00 bits per heavy atom. The van der Waals surface area contributed by atoms with Gasteiger partial charge in [-0.1, -0.05) is 6.07 Å². The average molecular weight is 290 g/mol. The highest BCUT2D eigenvalue weighted by Crippen LogP contribution is 2.11. The summed E-state index contributed by atoms with van der Waals surface area (Å²) in [6.07, 6.45) is 1.70. The van der Waals surface area contributed by atoms with Crippen molar-refractivity contribution in [2.45, 2.75) is 0 Å². The summed E-state index contributed by atoms with van der Waals surface area (Å²) in [4.78, 5) is 11.9. The molecular formula is C14H18N4O3. The summed E-state index contributed by atoms with van der Waals surface area (Å²) in [7, 11) is 0. The van der Waals surface area contributed by atoms with Crippen molar-refractivity contribution in [2.75, 3.05) is 32.1 Å². The van der Waals surface area contributed by atoms with Crippen LogP contribution in [0.25, 0.3) is 5.69 Å². The molecule has 0 aliphatic carbocycles. The number of anilines is 1. The molecule has 0 unspecified atom stereocenters. The zero-order chi connectivity index (χ0) is 15.1. The fraction of sp³-hybridized carbons (Fsp3) is 0.286.